The largest absolute Gasteiger partial charge is 0.486 e. The highest BCUT2D eigenvalue weighted by Crippen LogP contribution is 2.38. The molecular weight excluding hydrogens is 420 g/mol. The highest BCUT2D eigenvalue weighted by Gasteiger charge is 2.29. The number of carboxylic acid groups (broad SMARTS) is 1. The van der Waals surface area contributed by atoms with Gasteiger partial charge in [0.1, 0.15) is 17.7 Å². The van der Waals surface area contributed by atoms with Crippen LogP contribution in [0.4, 0.5) is 17.2 Å². The minimum atomic E-state index is -0.857. The number of carbonyl (C=O) groups excluding carboxylic acids is 1. The Morgan fingerprint density at radius 1 is 1.15 bits per heavy atom. The number of aliphatic carboxylic acids is 1. The van der Waals surface area contributed by atoms with Gasteiger partial charge in [0.2, 0.25) is 5.91 Å². The van der Waals surface area contributed by atoms with Gasteiger partial charge in [0.25, 0.3) is 0 Å². The average molecular weight is 453 g/mol. The van der Waals surface area contributed by atoms with Crippen LogP contribution in [0.25, 0.3) is 0 Å². The van der Waals surface area contributed by atoms with Crippen LogP contribution in [0, 0.1) is 5.92 Å². The lowest BCUT2D eigenvalue weighted by Gasteiger charge is -2.38. The molecule has 1 saturated carbocycles. The molecule has 1 unspecified atom stereocenters. The molecule has 8 heteroatoms. The molecule has 2 aromatic rings. The van der Waals surface area contributed by atoms with E-state index in [0.717, 1.165) is 18.1 Å². The number of carboxylic acids is 1. The number of hydrogen-bond donors (Lipinski definition) is 3. The molecule has 33 heavy (non-hydrogen) atoms. The number of anilines is 3. The third-order valence-electron chi connectivity index (χ3n) is 6.23. The number of aromatic nitrogens is 1. The van der Waals surface area contributed by atoms with E-state index in [9.17, 15) is 14.7 Å². The van der Waals surface area contributed by atoms with E-state index in [2.05, 4.69) is 20.5 Å². The third-order valence-corrected chi connectivity index (χ3v) is 6.23. The molecule has 0 spiro atoms. The number of pyridine rings is 1. The highest BCUT2D eigenvalue weighted by molar-refractivity contribution is 5.92. The highest BCUT2D eigenvalue weighted by atomic mass is 16.5. The second-order valence-corrected chi connectivity index (χ2v) is 8.87. The average Bonchev–Trinajstić information content (AvgIpc) is 2.80. The van der Waals surface area contributed by atoms with Crippen molar-refractivity contribution in [1.82, 2.24) is 4.98 Å². The number of nitrogens with zero attached hydrogens (tertiary/aromatic N) is 2. The van der Waals surface area contributed by atoms with Crippen molar-refractivity contribution in [2.24, 2.45) is 5.92 Å². The van der Waals surface area contributed by atoms with Crippen LogP contribution in [0.1, 0.15) is 44.9 Å². The van der Waals surface area contributed by atoms with E-state index in [4.69, 9.17) is 4.74 Å². The van der Waals surface area contributed by atoms with Gasteiger partial charge in [-0.15, -0.1) is 0 Å². The molecule has 1 atom stereocenters. The van der Waals surface area contributed by atoms with E-state index < -0.39 is 5.97 Å². The molecule has 3 N–H and O–H groups in total. The Balaban J connectivity index is 1.40. The van der Waals surface area contributed by atoms with Crippen LogP contribution in [0.5, 0.6) is 5.75 Å². The zero-order valence-electron chi connectivity index (χ0n) is 18.8. The van der Waals surface area contributed by atoms with Gasteiger partial charge in [-0.2, -0.15) is 0 Å². The Labute approximate surface area is 194 Å². The lowest BCUT2D eigenvalue weighted by Crippen LogP contribution is -2.43. The summed E-state index contributed by atoms with van der Waals surface area (Å²) in [5.41, 5.74) is 1.64. The van der Waals surface area contributed by atoms with Gasteiger partial charge in [-0.05, 0) is 49.1 Å². The van der Waals surface area contributed by atoms with Gasteiger partial charge in [0.05, 0.1) is 18.7 Å². The predicted octanol–water partition coefficient (Wildman–Crippen LogP) is 4.14. The summed E-state index contributed by atoms with van der Waals surface area (Å²) < 4.78 is 5.98. The van der Waals surface area contributed by atoms with Gasteiger partial charge in [0, 0.05) is 31.4 Å². The molecule has 1 aliphatic carbocycles. The van der Waals surface area contributed by atoms with Gasteiger partial charge in [0.15, 0.2) is 0 Å². The van der Waals surface area contributed by atoms with Crippen LogP contribution >= 0.6 is 0 Å². The Morgan fingerprint density at radius 2 is 2.00 bits per heavy atom. The van der Waals surface area contributed by atoms with Crippen LogP contribution in [-0.2, 0) is 9.59 Å². The topological polar surface area (TPSA) is 104 Å². The second-order valence-electron chi connectivity index (χ2n) is 8.87. The van der Waals surface area contributed by atoms with Gasteiger partial charge >= 0.3 is 5.97 Å². The summed E-state index contributed by atoms with van der Waals surface area (Å²) in [7, 11) is 0. The predicted molar refractivity (Wildman–Crippen MR) is 128 cm³/mol. The molecule has 8 nitrogen and oxygen atoms in total. The first kappa shape index (κ1) is 22.9. The molecule has 2 aliphatic rings. The number of nitrogens with one attached hydrogen (secondary N) is 2. The maximum absolute atomic E-state index is 12.5. The fraction of sp³-hybridized carbons (Fsp3) is 0.480. The molecule has 1 aliphatic heterocycles. The van der Waals surface area contributed by atoms with Crippen molar-refractivity contribution >= 4 is 29.1 Å². The summed E-state index contributed by atoms with van der Waals surface area (Å²) >= 11 is 0. The molecule has 1 amide bonds. The first-order valence-electron chi connectivity index (χ1n) is 11.8. The van der Waals surface area contributed by atoms with Crippen molar-refractivity contribution in [3.8, 4) is 5.75 Å². The fourth-order valence-corrected chi connectivity index (χ4v) is 4.65. The molecule has 1 aromatic carbocycles. The summed E-state index contributed by atoms with van der Waals surface area (Å²) in [6.07, 6.45) is 7.83. The van der Waals surface area contributed by atoms with Crippen LogP contribution in [0.3, 0.4) is 0 Å². The molecule has 2 heterocycles. The Kier molecular flexibility index (Phi) is 7.65. The smallest absolute Gasteiger partial charge is 0.307 e. The SMILES string of the molecule is O=C(O)CC1CN(CC2CCCCC2)c2cc(NC(=O)CCNc3ccccn3)ccc2O1. The Morgan fingerprint density at radius 3 is 2.76 bits per heavy atom. The standard InChI is InChI=1S/C25H32N4O4/c30-24(11-13-27-23-8-4-5-12-26-23)28-19-9-10-22-21(14-19)29(16-18-6-2-1-3-7-18)17-20(33-22)15-25(31)32/h4-5,8-10,12,14,18,20H,1-3,6-7,11,13,15-17H2,(H,26,27)(H,28,30)(H,31,32). The second kappa shape index (κ2) is 11.0. The molecule has 1 fully saturated rings. The van der Waals surface area contributed by atoms with Crippen molar-refractivity contribution in [2.75, 3.05) is 35.2 Å². The summed E-state index contributed by atoms with van der Waals surface area (Å²) in [4.78, 5) is 30.2. The van der Waals surface area contributed by atoms with Gasteiger partial charge < -0.3 is 25.4 Å². The van der Waals surface area contributed by atoms with Crippen LogP contribution < -0.4 is 20.3 Å². The van der Waals surface area contributed by atoms with Crippen LogP contribution in [-0.4, -0.2) is 47.7 Å². The van der Waals surface area contributed by atoms with Crippen LogP contribution in [0.2, 0.25) is 0 Å². The number of amides is 1. The molecule has 1 aromatic heterocycles. The van der Waals surface area contributed by atoms with Crippen molar-refractivity contribution < 1.29 is 19.4 Å². The maximum atomic E-state index is 12.5. The normalized spacial score (nSPS) is 18.2. The number of hydrogen-bond acceptors (Lipinski definition) is 6. The quantitative estimate of drug-likeness (QED) is 0.525. The van der Waals surface area contributed by atoms with E-state index in [1.807, 2.05) is 36.4 Å². The number of ether oxygens (including phenoxy) is 1. The minimum absolute atomic E-state index is 0.0254. The van der Waals surface area contributed by atoms with Gasteiger partial charge in [-0.25, -0.2) is 4.98 Å². The summed E-state index contributed by atoms with van der Waals surface area (Å²) in [6, 6.07) is 11.2. The first-order valence-corrected chi connectivity index (χ1v) is 11.8. The van der Waals surface area contributed by atoms with E-state index in [1.54, 1.807) is 6.20 Å². The fourth-order valence-electron chi connectivity index (χ4n) is 4.65. The number of benzene rings is 1. The molecular formula is C25H32N4O4. The van der Waals surface area contributed by atoms with E-state index in [-0.39, 0.29) is 18.4 Å². The van der Waals surface area contributed by atoms with Gasteiger partial charge in [-0.1, -0.05) is 25.3 Å². The molecule has 4 rings (SSSR count). The molecule has 176 valence electrons. The monoisotopic (exact) mass is 452 g/mol. The Bertz CT molecular complexity index is 947. The number of rotatable bonds is 9. The molecule has 0 saturated heterocycles. The number of fused-ring (bicyclic) bond motifs is 1. The van der Waals surface area contributed by atoms with Crippen molar-refractivity contribution in [3.63, 3.8) is 0 Å². The molecule has 0 radical (unpaired) electrons. The lowest BCUT2D eigenvalue weighted by molar-refractivity contribution is -0.138. The van der Waals surface area contributed by atoms with E-state index in [1.165, 1.54) is 32.1 Å². The zero-order valence-corrected chi connectivity index (χ0v) is 18.8. The van der Waals surface area contributed by atoms with Crippen molar-refractivity contribution in [3.05, 3.63) is 42.6 Å². The third kappa shape index (κ3) is 6.60. The lowest BCUT2D eigenvalue weighted by atomic mass is 9.88. The summed E-state index contributed by atoms with van der Waals surface area (Å²) in [5.74, 6) is 1.08. The van der Waals surface area contributed by atoms with Crippen molar-refractivity contribution in [1.29, 1.82) is 0 Å². The van der Waals surface area contributed by atoms with E-state index in [0.29, 0.717) is 36.9 Å². The summed E-state index contributed by atoms with van der Waals surface area (Å²) in [6.45, 7) is 1.92. The van der Waals surface area contributed by atoms with E-state index >= 15 is 0 Å². The summed E-state index contributed by atoms with van der Waals surface area (Å²) in [5, 5.41) is 15.4. The maximum Gasteiger partial charge on any atom is 0.307 e. The van der Waals surface area contributed by atoms with Crippen LogP contribution in [0.15, 0.2) is 42.6 Å². The number of carbonyl (C=O) groups is 2. The minimum Gasteiger partial charge on any atom is -0.486 e. The first-order chi connectivity index (χ1) is 16.1. The van der Waals surface area contributed by atoms with Gasteiger partial charge in [-0.3, -0.25) is 9.59 Å². The Hall–Kier alpha value is -3.29. The zero-order chi connectivity index (χ0) is 23.0. The molecule has 0 bridgehead atoms. The van der Waals surface area contributed by atoms with Crippen molar-refractivity contribution in [2.45, 2.75) is 51.0 Å².